The van der Waals surface area contributed by atoms with Gasteiger partial charge >= 0.3 is 0 Å². The van der Waals surface area contributed by atoms with E-state index in [2.05, 4.69) is 23.9 Å². The van der Waals surface area contributed by atoms with Gasteiger partial charge in [0.05, 0.1) is 6.54 Å². The van der Waals surface area contributed by atoms with Gasteiger partial charge in [0.15, 0.2) is 0 Å². The maximum absolute atomic E-state index is 8.36. The van der Waals surface area contributed by atoms with Crippen LogP contribution in [0.4, 0.5) is 0 Å². The van der Waals surface area contributed by atoms with Gasteiger partial charge in [-0.1, -0.05) is 43.1 Å². The number of halogens is 2. The summed E-state index contributed by atoms with van der Waals surface area (Å²) in [4.78, 5) is 12.3. The lowest BCUT2D eigenvalue weighted by Crippen LogP contribution is -2.25. The van der Waals surface area contributed by atoms with Crippen LogP contribution in [-0.4, -0.2) is 25.1 Å². The molecule has 0 aliphatic carbocycles. The molecule has 0 aliphatic heterocycles. The number of rotatable bonds is 3. The van der Waals surface area contributed by atoms with Gasteiger partial charge in [0.2, 0.25) is 0 Å². The molecular formula is C12H14Cl2N4O3. The van der Waals surface area contributed by atoms with E-state index in [0.717, 1.165) is 5.56 Å². The second kappa shape index (κ2) is 7.24. The zero-order valence-corrected chi connectivity index (χ0v) is 12.9. The lowest BCUT2D eigenvalue weighted by molar-refractivity contribution is -0.742. The molecular weight excluding hydrogens is 319 g/mol. The Bertz CT molecular complexity index is 599. The first-order chi connectivity index (χ1) is 9.72. The van der Waals surface area contributed by atoms with Crippen molar-refractivity contribution in [1.29, 1.82) is 0 Å². The van der Waals surface area contributed by atoms with Crippen molar-refractivity contribution in [1.82, 2.24) is 14.8 Å². The third kappa shape index (κ3) is 5.57. The lowest BCUT2D eigenvalue weighted by atomic mass is 9.84. The summed E-state index contributed by atoms with van der Waals surface area (Å²) in [6, 6.07) is 5.58. The summed E-state index contributed by atoms with van der Waals surface area (Å²) in [5.74, 6) is 0. The Kier molecular flexibility index (Phi) is 5.92. The Labute approximate surface area is 131 Å². The van der Waals surface area contributed by atoms with E-state index >= 15 is 0 Å². The standard InChI is InChI=1S/C12H13Cl2N3.HNO3/c1-12(2,6-17-8-15-7-16-17)10-4-3-9(13)5-11(10)14;2-1(3)4/h3-5,7-8H,6H2,1-2H3;(H,2,3,4). The summed E-state index contributed by atoms with van der Waals surface area (Å²) < 4.78 is 1.80. The highest BCUT2D eigenvalue weighted by molar-refractivity contribution is 6.35. The number of nitrogens with zero attached hydrogens (tertiary/aromatic N) is 4. The summed E-state index contributed by atoms with van der Waals surface area (Å²) in [6.45, 7) is 4.95. The Morgan fingerprint density at radius 3 is 2.52 bits per heavy atom. The molecule has 0 saturated heterocycles. The van der Waals surface area contributed by atoms with Crippen molar-refractivity contribution in [2.45, 2.75) is 25.8 Å². The molecule has 9 heteroatoms. The molecule has 1 N–H and O–H groups in total. The maximum atomic E-state index is 8.36. The second-order valence-corrected chi connectivity index (χ2v) is 5.68. The van der Waals surface area contributed by atoms with Crippen molar-refractivity contribution in [3.63, 3.8) is 0 Å². The van der Waals surface area contributed by atoms with E-state index in [1.165, 1.54) is 6.33 Å². The zero-order chi connectivity index (χ0) is 16.0. The largest absolute Gasteiger partial charge is 0.328 e. The zero-order valence-electron chi connectivity index (χ0n) is 11.4. The normalized spacial score (nSPS) is 10.7. The molecule has 0 unspecified atom stereocenters. The average molecular weight is 333 g/mol. The van der Waals surface area contributed by atoms with Crippen LogP contribution < -0.4 is 0 Å². The molecule has 0 fully saturated rings. The molecule has 114 valence electrons. The topological polar surface area (TPSA) is 94.1 Å². The van der Waals surface area contributed by atoms with Crippen LogP contribution in [0.15, 0.2) is 30.9 Å². The van der Waals surface area contributed by atoms with Gasteiger partial charge in [-0.15, -0.1) is 10.1 Å². The van der Waals surface area contributed by atoms with Crippen LogP contribution in [-0.2, 0) is 12.0 Å². The highest BCUT2D eigenvalue weighted by Crippen LogP contribution is 2.32. The smallest absolute Gasteiger partial charge is 0.291 e. The molecule has 0 spiro atoms. The van der Waals surface area contributed by atoms with Crippen LogP contribution in [0.5, 0.6) is 0 Å². The molecule has 0 saturated carbocycles. The van der Waals surface area contributed by atoms with E-state index in [1.807, 2.05) is 12.1 Å². The lowest BCUT2D eigenvalue weighted by Gasteiger charge is -2.26. The monoisotopic (exact) mass is 332 g/mol. The minimum absolute atomic E-state index is 0.130. The molecule has 0 atom stereocenters. The van der Waals surface area contributed by atoms with Gasteiger partial charge in [-0.3, -0.25) is 4.68 Å². The minimum atomic E-state index is -1.50. The summed E-state index contributed by atoms with van der Waals surface area (Å²) in [6.07, 6.45) is 3.23. The summed E-state index contributed by atoms with van der Waals surface area (Å²) in [5.41, 5.74) is 0.925. The van der Waals surface area contributed by atoms with Crippen molar-refractivity contribution in [3.8, 4) is 0 Å². The molecule has 0 bridgehead atoms. The Morgan fingerprint density at radius 2 is 2.05 bits per heavy atom. The van der Waals surface area contributed by atoms with Crippen LogP contribution in [0.3, 0.4) is 0 Å². The molecule has 0 amide bonds. The SMILES string of the molecule is CC(C)(Cn1cncn1)c1ccc(Cl)cc1Cl.O=[N+]([O-])O. The van der Waals surface area contributed by atoms with Crippen molar-refractivity contribution >= 4 is 23.2 Å². The highest BCUT2D eigenvalue weighted by atomic mass is 35.5. The highest BCUT2D eigenvalue weighted by Gasteiger charge is 2.24. The molecule has 1 aromatic heterocycles. The summed E-state index contributed by atoms with van der Waals surface area (Å²) in [7, 11) is 0. The number of benzene rings is 1. The van der Waals surface area contributed by atoms with Crippen LogP contribution >= 0.6 is 23.2 Å². The van der Waals surface area contributed by atoms with E-state index in [4.69, 9.17) is 38.5 Å². The van der Waals surface area contributed by atoms with Gasteiger partial charge in [-0.2, -0.15) is 5.10 Å². The Balaban J connectivity index is 0.000000491. The molecule has 2 rings (SSSR count). The van der Waals surface area contributed by atoms with Gasteiger partial charge in [0, 0.05) is 15.5 Å². The second-order valence-electron chi connectivity index (χ2n) is 4.84. The first-order valence-electron chi connectivity index (χ1n) is 5.83. The third-order valence-corrected chi connectivity index (χ3v) is 3.23. The van der Waals surface area contributed by atoms with Crippen molar-refractivity contribution in [3.05, 3.63) is 56.6 Å². The molecule has 1 aromatic carbocycles. The Morgan fingerprint density at radius 1 is 1.43 bits per heavy atom. The number of hydrogen-bond acceptors (Lipinski definition) is 4. The van der Waals surface area contributed by atoms with Gasteiger partial charge in [-0.25, -0.2) is 4.98 Å². The van der Waals surface area contributed by atoms with Gasteiger partial charge < -0.3 is 5.21 Å². The van der Waals surface area contributed by atoms with Crippen LogP contribution in [0, 0.1) is 10.1 Å². The summed E-state index contributed by atoms with van der Waals surface area (Å²) in [5, 5.41) is 19.1. The minimum Gasteiger partial charge on any atom is -0.328 e. The van der Waals surface area contributed by atoms with Crippen LogP contribution in [0.1, 0.15) is 19.4 Å². The molecule has 0 radical (unpaired) electrons. The number of hydrogen-bond donors (Lipinski definition) is 1. The van der Waals surface area contributed by atoms with E-state index < -0.39 is 5.09 Å². The first kappa shape index (κ1) is 17.2. The molecule has 0 aliphatic rings. The quantitative estimate of drug-likeness (QED) is 0.687. The van der Waals surface area contributed by atoms with Gasteiger partial charge in [0.25, 0.3) is 5.09 Å². The predicted octanol–water partition coefficient (Wildman–Crippen LogP) is 3.22. The van der Waals surface area contributed by atoms with E-state index in [9.17, 15) is 0 Å². The summed E-state index contributed by atoms with van der Waals surface area (Å²) >= 11 is 12.1. The fourth-order valence-electron chi connectivity index (χ4n) is 1.84. The average Bonchev–Trinajstić information content (AvgIpc) is 2.79. The molecule has 1 heterocycles. The predicted molar refractivity (Wildman–Crippen MR) is 78.3 cm³/mol. The van der Waals surface area contributed by atoms with Crippen molar-refractivity contribution in [2.75, 3.05) is 0 Å². The van der Waals surface area contributed by atoms with E-state index in [1.54, 1.807) is 17.1 Å². The van der Waals surface area contributed by atoms with E-state index in [-0.39, 0.29) is 5.41 Å². The van der Waals surface area contributed by atoms with Crippen molar-refractivity contribution < 1.29 is 10.3 Å². The number of aromatic nitrogens is 3. The fourth-order valence-corrected chi connectivity index (χ4v) is 2.51. The first-order valence-corrected chi connectivity index (χ1v) is 6.59. The third-order valence-electron chi connectivity index (χ3n) is 2.68. The van der Waals surface area contributed by atoms with Crippen LogP contribution in [0.2, 0.25) is 10.0 Å². The molecule has 7 nitrogen and oxygen atoms in total. The van der Waals surface area contributed by atoms with E-state index in [0.29, 0.717) is 16.6 Å². The van der Waals surface area contributed by atoms with Crippen molar-refractivity contribution in [2.24, 2.45) is 0 Å². The maximum Gasteiger partial charge on any atom is 0.291 e. The Hall–Kier alpha value is -1.86. The fraction of sp³-hybridized carbons (Fsp3) is 0.333. The van der Waals surface area contributed by atoms with Gasteiger partial charge in [-0.05, 0) is 17.7 Å². The molecule has 21 heavy (non-hydrogen) atoms. The van der Waals surface area contributed by atoms with Crippen LogP contribution in [0.25, 0.3) is 0 Å². The van der Waals surface area contributed by atoms with Gasteiger partial charge in [0.1, 0.15) is 12.7 Å². The molecule has 2 aromatic rings.